The summed E-state index contributed by atoms with van der Waals surface area (Å²) in [6.07, 6.45) is 1.49. The van der Waals surface area contributed by atoms with Crippen LogP contribution in [0.5, 0.6) is 0 Å². The van der Waals surface area contributed by atoms with Gasteiger partial charge in [-0.15, -0.1) is 5.10 Å². The van der Waals surface area contributed by atoms with Gasteiger partial charge in [-0.1, -0.05) is 0 Å². The SMILES string of the molecule is N#Cc1n[nH]nc1C1CCN(Cc2cc(F)c(F)cc2F)CC1. The van der Waals surface area contributed by atoms with E-state index in [-0.39, 0.29) is 18.0 Å². The molecule has 23 heavy (non-hydrogen) atoms. The maximum absolute atomic E-state index is 13.7. The van der Waals surface area contributed by atoms with Crippen molar-refractivity contribution in [2.24, 2.45) is 0 Å². The van der Waals surface area contributed by atoms with Crippen LogP contribution >= 0.6 is 0 Å². The molecule has 0 bridgehead atoms. The molecule has 1 N–H and O–H groups in total. The number of nitrogens with zero attached hydrogens (tertiary/aromatic N) is 4. The predicted molar refractivity (Wildman–Crippen MR) is 74.7 cm³/mol. The van der Waals surface area contributed by atoms with Gasteiger partial charge in [-0.05, 0) is 32.0 Å². The number of benzene rings is 1. The minimum absolute atomic E-state index is 0.120. The van der Waals surface area contributed by atoms with Crippen LogP contribution in [0.1, 0.15) is 35.7 Å². The molecule has 8 heteroatoms. The molecule has 0 amide bonds. The van der Waals surface area contributed by atoms with Gasteiger partial charge in [0.05, 0.1) is 0 Å². The van der Waals surface area contributed by atoms with E-state index in [1.54, 1.807) is 0 Å². The highest BCUT2D eigenvalue weighted by Crippen LogP contribution is 2.29. The topological polar surface area (TPSA) is 68.6 Å². The molecule has 1 fully saturated rings. The van der Waals surface area contributed by atoms with Gasteiger partial charge < -0.3 is 0 Å². The molecule has 0 aliphatic carbocycles. The van der Waals surface area contributed by atoms with Crippen molar-refractivity contribution in [3.8, 4) is 6.07 Å². The molecule has 0 spiro atoms. The number of H-pyrrole nitrogens is 1. The molecule has 1 aromatic carbocycles. The summed E-state index contributed by atoms with van der Waals surface area (Å²) in [5.41, 5.74) is 1.10. The van der Waals surface area contributed by atoms with Crippen molar-refractivity contribution >= 4 is 0 Å². The molecule has 1 saturated heterocycles. The van der Waals surface area contributed by atoms with Gasteiger partial charge in [0.1, 0.15) is 17.6 Å². The number of rotatable bonds is 3. The summed E-state index contributed by atoms with van der Waals surface area (Å²) in [5, 5.41) is 19.2. The van der Waals surface area contributed by atoms with Gasteiger partial charge in [-0.2, -0.15) is 15.6 Å². The maximum atomic E-state index is 13.7. The highest BCUT2D eigenvalue weighted by atomic mass is 19.2. The van der Waals surface area contributed by atoms with Crippen molar-refractivity contribution < 1.29 is 13.2 Å². The first-order chi connectivity index (χ1) is 11.1. The number of hydrogen-bond acceptors (Lipinski definition) is 4. The molecule has 0 atom stereocenters. The van der Waals surface area contributed by atoms with Crippen LogP contribution in [0.15, 0.2) is 12.1 Å². The zero-order valence-electron chi connectivity index (χ0n) is 12.2. The Morgan fingerprint density at radius 1 is 1.13 bits per heavy atom. The molecule has 0 radical (unpaired) electrons. The Morgan fingerprint density at radius 2 is 1.83 bits per heavy atom. The first-order valence-electron chi connectivity index (χ1n) is 7.25. The molecule has 1 aliphatic heterocycles. The van der Waals surface area contributed by atoms with Crippen LogP contribution in [0.4, 0.5) is 13.2 Å². The van der Waals surface area contributed by atoms with Crippen LogP contribution in [0, 0.1) is 28.8 Å². The number of aromatic nitrogens is 3. The maximum Gasteiger partial charge on any atom is 0.185 e. The predicted octanol–water partition coefficient (Wildman–Crippen LogP) is 2.47. The fourth-order valence-corrected chi connectivity index (χ4v) is 2.90. The average molecular weight is 321 g/mol. The minimum atomic E-state index is -1.18. The van der Waals surface area contributed by atoms with Crippen LogP contribution in [-0.2, 0) is 6.54 Å². The van der Waals surface area contributed by atoms with Crippen molar-refractivity contribution in [2.75, 3.05) is 13.1 Å². The second kappa shape index (κ2) is 6.38. The molecule has 2 heterocycles. The largest absolute Gasteiger partial charge is 0.299 e. The van der Waals surface area contributed by atoms with Gasteiger partial charge in [0.15, 0.2) is 17.3 Å². The second-order valence-electron chi connectivity index (χ2n) is 5.58. The minimum Gasteiger partial charge on any atom is -0.299 e. The number of nitrogens with one attached hydrogen (secondary N) is 1. The van der Waals surface area contributed by atoms with Gasteiger partial charge in [-0.3, -0.25) is 4.90 Å². The van der Waals surface area contributed by atoms with Crippen molar-refractivity contribution in [3.05, 3.63) is 46.5 Å². The van der Waals surface area contributed by atoms with Gasteiger partial charge in [0, 0.05) is 24.1 Å². The Morgan fingerprint density at radius 3 is 2.52 bits per heavy atom. The summed E-state index contributed by atoms with van der Waals surface area (Å²) in [7, 11) is 0. The summed E-state index contributed by atoms with van der Waals surface area (Å²) < 4.78 is 39.9. The highest BCUT2D eigenvalue weighted by molar-refractivity contribution is 5.27. The summed E-state index contributed by atoms with van der Waals surface area (Å²) >= 11 is 0. The van der Waals surface area contributed by atoms with Crippen molar-refractivity contribution in [1.82, 2.24) is 20.3 Å². The second-order valence-corrected chi connectivity index (χ2v) is 5.58. The lowest BCUT2D eigenvalue weighted by Crippen LogP contribution is -2.33. The van der Waals surface area contributed by atoms with E-state index in [0.717, 1.165) is 18.9 Å². The highest BCUT2D eigenvalue weighted by Gasteiger charge is 2.26. The number of aromatic amines is 1. The Labute approximate surface area is 130 Å². The summed E-state index contributed by atoms with van der Waals surface area (Å²) in [4.78, 5) is 1.97. The van der Waals surface area contributed by atoms with E-state index < -0.39 is 17.5 Å². The van der Waals surface area contributed by atoms with Gasteiger partial charge in [-0.25, -0.2) is 13.2 Å². The van der Waals surface area contributed by atoms with E-state index >= 15 is 0 Å². The first-order valence-corrected chi connectivity index (χ1v) is 7.25. The average Bonchev–Trinajstić information content (AvgIpc) is 3.02. The van der Waals surface area contributed by atoms with E-state index in [9.17, 15) is 13.2 Å². The van der Waals surface area contributed by atoms with E-state index in [4.69, 9.17) is 5.26 Å². The molecule has 120 valence electrons. The number of halogens is 3. The summed E-state index contributed by atoms with van der Waals surface area (Å²) in [6, 6.07) is 3.48. The molecule has 2 aromatic rings. The molecule has 1 aromatic heterocycles. The molecule has 3 rings (SSSR count). The molecule has 5 nitrogen and oxygen atoms in total. The van der Waals surface area contributed by atoms with Gasteiger partial charge in [0.2, 0.25) is 0 Å². The van der Waals surface area contributed by atoms with Gasteiger partial charge in [0.25, 0.3) is 0 Å². The number of likely N-dealkylation sites (tertiary alicyclic amines) is 1. The van der Waals surface area contributed by atoms with Crippen LogP contribution in [0.2, 0.25) is 0 Å². The molecular formula is C15H14F3N5. The number of nitriles is 1. The smallest absolute Gasteiger partial charge is 0.185 e. The quantitative estimate of drug-likeness (QED) is 0.882. The van der Waals surface area contributed by atoms with E-state index in [1.165, 1.54) is 0 Å². The Bertz CT molecular complexity index is 744. The fourth-order valence-electron chi connectivity index (χ4n) is 2.90. The Balaban J connectivity index is 1.64. The van der Waals surface area contributed by atoms with E-state index in [0.29, 0.717) is 30.5 Å². The lowest BCUT2D eigenvalue weighted by Gasteiger charge is -2.31. The van der Waals surface area contributed by atoms with E-state index in [1.807, 2.05) is 11.0 Å². The molecule has 0 saturated carbocycles. The lowest BCUT2D eigenvalue weighted by atomic mass is 9.92. The lowest BCUT2D eigenvalue weighted by molar-refractivity contribution is 0.200. The number of piperidine rings is 1. The third kappa shape index (κ3) is 3.19. The fraction of sp³-hybridized carbons (Fsp3) is 0.400. The van der Waals surface area contributed by atoms with Crippen LogP contribution in [0.3, 0.4) is 0 Å². The normalized spacial score (nSPS) is 16.4. The zero-order valence-corrected chi connectivity index (χ0v) is 12.2. The third-order valence-corrected chi connectivity index (χ3v) is 4.14. The van der Waals surface area contributed by atoms with E-state index in [2.05, 4.69) is 15.4 Å². The Hall–Kier alpha value is -2.40. The van der Waals surface area contributed by atoms with Crippen molar-refractivity contribution in [3.63, 3.8) is 0 Å². The monoisotopic (exact) mass is 321 g/mol. The third-order valence-electron chi connectivity index (χ3n) is 4.14. The standard InChI is InChI=1S/C15H14F3N5/c16-11-6-13(18)12(17)5-10(11)8-23-3-1-9(2-4-23)15-14(7-19)20-22-21-15/h5-6,9H,1-4,8H2,(H,20,21,22). The molecule has 1 aliphatic rings. The number of hydrogen-bond donors (Lipinski definition) is 1. The Kier molecular flexibility index (Phi) is 4.30. The zero-order chi connectivity index (χ0) is 16.4. The molecule has 0 unspecified atom stereocenters. The first kappa shape index (κ1) is 15.5. The molecular weight excluding hydrogens is 307 g/mol. The van der Waals surface area contributed by atoms with Crippen molar-refractivity contribution in [1.29, 1.82) is 5.26 Å². The van der Waals surface area contributed by atoms with Crippen LogP contribution in [-0.4, -0.2) is 33.4 Å². The summed E-state index contributed by atoms with van der Waals surface area (Å²) in [5.74, 6) is -2.85. The van der Waals surface area contributed by atoms with Crippen LogP contribution in [0.25, 0.3) is 0 Å². The van der Waals surface area contributed by atoms with Crippen LogP contribution < -0.4 is 0 Å². The van der Waals surface area contributed by atoms with Gasteiger partial charge >= 0.3 is 0 Å². The van der Waals surface area contributed by atoms with Crippen molar-refractivity contribution in [2.45, 2.75) is 25.3 Å². The summed E-state index contributed by atoms with van der Waals surface area (Å²) in [6.45, 7) is 1.53.